The minimum Gasteiger partial charge on any atom is -0.324 e. The van der Waals surface area contributed by atoms with Crippen molar-refractivity contribution in [1.82, 2.24) is 15.2 Å². The van der Waals surface area contributed by atoms with Crippen LogP contribution in [-0.4, -0.2) is 26.8 Å². The van der Waals surface area contributed by atoms with E-state index in [1.165, 1.54) is 11.8 Å². The summed E-state index contributed by atoms with van der Waals surface area (Å²) in [6.07, 6.45) is 0. The van der Waals surface area contributed by atoms with Crippen molar-refractivity contribution in [3.05, 3.63) is 89.4 Å². The Morgan fingerprint density at radius 1 is 0.800 bits per heavy atom. The van der Waals surface area contributed by atoms with Gasteiger partial charge in [0.15, 0.2) is 0 Å². The van der Waals surface area contributed by atoms with Gasteiger partial charge >= 0.3 is 0 Å². The number of hydrogen-bond donors (Lipinski definition) is 1. The number of carbonyl (C=O) groups is 1. The van der Waals surface area contributed by atoms with Crippen LogP contribution in [0.1, 0.15) is 0 Å². The van der Waals surface area contributed by atoms with E-state index in [4.69, 9.17) is 4.98 Å². The fourth-order valence-corrected chi connectivity index (χ4v) is 3.81. The number of amides is 1. The molecule has 0 unspecified atom stereocenters. The third kappa shape index (κ3) is 4.93. The van der Waals surface area contributed by atoms with Gasteiger partial charge < -0.3 is 5.32 Å². The van der Waals surface area contributed by atoms with Crippen molar-refractivity contribution >= 4 is 39.3 Å². The molecular formula is C23H17BrN4OS. The number of hydrogen-bond acceptors (Lipinski definition) is 5. The highest BCUT2D eigenvalue weighted by atomic mass is 79.9. The first-order chi connectivity index (χ1) is 14.7. The second-order valence-electron chi connectivity index (χ2n) is 6.34. The van der Waals surface area contributed by atoms with Crippen LogP contribution < -0.4 is 5.32 Å². The van der Waals surface area contributed by atoms with E-state index < -0.39 is 0 Å². The summed E-state index contributed by atoms with van der Waals surface area (Å²) < 4.78 is 0.833. The van der Waals surface area contributed by atoms with Crippen LogP contribution in [0.5, 0.6) is 0 Å². The lowest BCUT2D eigenvalue weighted by Gasteiger charge is -2.10. The van der Waals surface area contributed by atoms with Gasteiger partial charge in [0.1, 0.15) is 11.4 Å². The molecule has 30 heavy (non-hydrogen) atoms. The summed E-state index contributed by atoms with van der Waals surface area (Å²) in [5.74, 6) is 0.0472. The molecule has 0 aliphatic rings. The third-order valence-electron chi connectivity index (χ3n) is 4.24. The predicted octanol–water partition coefficient (Wildman–Crippen LogP) is 5.70. The van der Waals surface area contributed by atoms with Gasteiger partial charge in [0.2, 0.25) is 11.1 Å². The summed E-state index contributed by atoms with van der Waals surface area (Å²) in [7, 11) is 0. The fourth-order valence-electron chi connectivity index (χ4n) is 2.84. The number of para-hydroxylation sites is 1. The molecule has 0 saturated heterocycles. The zero-order valence-corrected chi connectivity index (χ0v) is 18.2. The Morgan fingerprint density at radius 3 is 2.07 bits per heavy atom. The number of aromatic nitrogens is 3. The van der Waals surface area contributed by atoms with Crippen molar-refractivity contribution in [3.63, 3.8) is 0 Å². The standard InChI is InChI=1S/C23H17BrN4OS/c24-18-13-7-8-14-19(18)25-20(29)15-30-23-26-21(16-9-3-1-4-10-16)22(27-28-23)17-11-5-2-6-12-17/h1-14H,15H2,(H,25,29). The maximum absolute atomic E-state index is 12.4. The van der Waals surface area contributed by atoms with E-state index in [0.717, 1.165) is 27.0 Å². The second-order valence-corrected chi connectivity index (χ2v) is 8.14. The zero-order valence-electron chi connectivity index (χ0n) is 15.8. The second kappa shape index (κ2) is 9.65. The van der Waals surface area contributed by atoms with Gasteiger partial charge in [0, 0.05) is 15.6 Å². The lowest BCUT2D eigenvalue weighted by Crippen LogP contribution is -2.14. The Labute approximate surface area is 187 Å². The fraction of sp³-hybridized carbons (Fsp3) is 0.0435. The highest BCUT2D eigenvalue weighted by Gasteiger charge is 2.15. The molecule has 0 bridgehead atoms. The molecule has 0 aliphatic heterocycles. The molecule has 1 N–H and O–H groups in total. The zero-order chi connectivity index (χ0) is 20.8. The molecule has 1 amide bonds. The topological polar surface area (TPSA) is 67.8 Å². The van der Waals surface area contributed by atoms with Crippen molar-refractivity contribution in [2.75, 3.05) is 11.1 Å². The first-order valence-corrected chi connectivity index (χ1v) is 11.0. The summed E-state index contributed by atoms with van der Waals surface area (Å²) in [4.78, 5) is 17.1. The van der Waals surface area contributed by atoms with E-state index in [1.807, 2.05) is 84.9 Å². The molecule has 0 atom stereocenters. The monoisotopic (exact) mass is 476 g/mol. The number of carbonyl (C=O) groups excluding carboxylic acids is 1. The number of thioether (sulfide) groups is 1. The van der Waals surface area contributed by atoms with Crippen LogP contribution in [0.25, 0.3) is 22.5 Å². The predicted molar refractivity (Wildman–Crippen MR) is 124 cm³/mol. The van der Waals surface area contributed by atoms with E-state index in [1.54, 1.807) is 0 Å². The average molecular weight is 477 g/mol. The lowest BCUT2D eigenvalue weighted by atomic mass is 10.0. The van der Waals surface area contributed by atoms with Gasteiger partial charge in [-0.1, -0.05) is 84.6 Å². The Morgan fingerprint density at radius 2 is 1.40 bits per heavy atom. The summed E-state index contributed by atoms with van der Waals surface area (Å²) in [5.41, 5.74) is 4.08. The van der Waals surface area contributed by atoms with E-state index in [-0.39, 0.29) is 11.7 Å². The van der Waals surface area contributed by atoms with Crippen LogP contribution in [-0.2, 0) is 4.79 Å². The molecule has 7 heteroatoms. The maximum Gasteiger partial charge on any atom is 0.234 e. The van der Waals surface area contributed by atoms with E-state index in [2.05, 4.69) is 31.4 Å². The highest BCUT2D eigenvalue weighted by molar-refractivity contribution is 9.10. The Bertz CT molecular complexity index is 1160. The van der Waals surface area contributed by atoms with Crippen LogP contribution in [0.4, 0.5) is 5.69 Å². The summed E-state index contributed by atoms with van der Waals surface area (Å²) in [6.45, 7) is 0. The smallest absolute Gasteiger partial charge is 0.234 e. The number of rotatable bonds is 6. The molecule has 0 aliphatic carbocycles. The molecule has 0 radical (unpaired) electrons. The van der Waals surface area contributed by atoms with Crippen molar-refractivity contribution in [2.24, 2.45) is 0 Å². The SMILES string of the molecule is O=C(CSc1nnc(-c2ccccc2)c(-c2ccccc2)n1)Nc1ccccc1Br. The first-order valence-electron chi connectivity index (χ1n) is 9.23. The van der Waals surface area contributed by atoms with Gasteiger partial charge in [-0.2, -0.15) is 0 Å². The number of nitrogens with zero attached hydrogens (tertiary/aromatic N) is 3. The van der Waals surface area contributed by atoms with Gasteiger partial charge in [0.25, 0.3) is 0 Å². The lowest BCUT2D eigenvalue weighted by molar-refractivity contribution is -0.113. The molecule has 0 spiro atoms. The molecule has 0 fully saturated rings. The normalized spacial score (nSPS) is 10.6. The first kappa shape index (κ1) is 20.3. The number of anilines is 1. The summed E-state index contributed by atoms with van der Waals surface area (Å²) in [5, 5.41) is 12.0. The van der Waals surface area contributed by atoms with Gasteiger partial charge in [0.05, 0.1) is 11.4 Å². The van der Waals surface area contributed by atoms with Crippen LogP contribution in [0.3, 0.4) is 0 Å². The summed E-state index contributed by atoms with van der Waals surface area (Å²) in [6, 6.07) is 27.2. The van der Waals surface area contributed by atoms with E-state index >= 15 is 0 Å². The third-order valence-corrected chi connectivity index (χ3v) is 5.77. The van der Waals surface area contributed by atoms with Crippen LogP contribution in [0.15, 0.2) is 94.6 Å². The molecule has 1 heterocycles. The molecule has 1 aromatic heterocycles. The molecule has 3 aromatic carbocycles. The van der Waals surface area contributed by atoms with Crippen molar-refractivity contribution in [2.45, 2.75) is 5.16 Å². The Hall–Kier alpha value is -3.03. The van der Waals surface area contributed by atoms with Gasteiger partial charge in [-0.3, -0.25) is 4.79 Å². The summed E-state index contributed by atoms with van der Waals surface area (Å²) >= 11 is 4.68. The molecule has 5 nitrogen and oxygen atoms in total. The van der Waals surface area contributed by atoms with Gasteiger partial charge in [-0.25, -0.2) is 4.98 Å². The molecular weight excluding hydrogens is 460 g/mol. The molecule has 0 saturated carbocycles. The van der Waals surface area contributed by atoms with Crippen molar-refractivity contribution in [3.8, 4) is 22.5 Å². The van der Waals surface area contributed by atoms with Crippen molar-refractivity contribution in [1.29, 1.82) is 0 Å². The maximum atomic E-state index is 12.4. The molecule has 4 aromatic rings. The minimum absolute atomic E-state index is 0.135. The largest absolute Gasteiger partial charge is 0.324 e. The average Bonchev–Trinajstić information content (AvgIpc) is 2.80. The number of benzene rings is 3. The van der Waals surface area contributed by atoms with Gasteiger partial charge in [-0.15, -0.1) is 10.2 Å². The van der Waals surface area contributed by atoms with Crippen LogP contribution in [0.2, 0.25) is 0 Å². The molecule has 4 rings (SSSR count). The van der Waals surface area contributed by atoms with Crippen molar-refractivity contribution < 1.29 is 4.79 Å². The molecule has 148 valence electrons. The Balaban J connectivity index is 1.56. The number of nitrogens with one attached hydrogen (secondary N) is 1. The van der Waals surface area contributed by atoms with Crippen LogP contribution in [0, 0.1) is 0 Å². The minimum atomic E-state index is -0.135. The van der Waals surface area contributed by atoms with E-state index in [9.17, 15) is 4.79 Å². The van der Waals surface area contributed by atoms with Crippen LogP contribution >= 0.6 is 27.7 Å². The highest BCUT2D eigenvalue weighted by Crippen LogP contribution is 2.29. The quantitative estimate of drug-likeness (QED) is 0.361. The van der Waals surface area contributed by atoms with E-state index in [0.29, 0.717) is 10.9 Å². The van der Waals surface area contributed by atoms with Gasteiger partial charge in [-0.05, 0) is 28.1 Å². The number of halogens is 1. The Kier molecular flexibility index (Phi) is 6.51.